The number of imidazole rings is 1. The molecule has 3 rings (SSSR count). The SMILES string of the molecule is COC(=O)c1nc(-c2ccccc2)n(-c2ccccc2)c1Cl. The minimum absolute atomic E-state index is 0.104. The molecule has 2 aromatic carbocycles. The lowest BCUT2D eigenvalue weighted by molar-refractivity contribution is 0.0595. The van der Waals surface area contributed by atoms with E-state index in [1.54, 1.807) is 4.57 Å². The smallest absolute Gasteiger partial charge is 0.359 e. The second kappa shape index (κ2) is 6.03. The molecule has 0 unspecified atom stereocenters. The van der Waals surface area contributed by atoms with Crippen LogP contribution in [0.5, 0.6) is 0 Å². The normalized spacial score (nSPS) is 10.5. The average molecular weight is 313 g/mol. The van der Waals surface area contributed by atoms with Gasteiger partial charge in [0.15, 0.2) is 5.69 Å². The van der Waals surface area contributed by atoms with Gasteiger partial charge in [-0.2, -0.15) is 0 Å². The summed E-state index contributed by atoms with van der Waals surface area (Å²) in [6.07, 6.45) is 0. The van der Waals surface area contributed by atoms with Gasteiger partial charge in [0, 0.05) is 11.3 Å². The summed E-state index contributed by atoms with van der Waals surface area (Å²) in [6, 6.07) is 19.1. The number of aromatic nitrogens is 2. The number of hydrogen-bond donors (Lipinski definition) is 0. The van der Waals surface area contributed by atoms with E-state index in [2.05, 4.69) is 4.98 Å². The van der Waals surface area contributed by atoms with E-state index in [1.807, 2.05) is 60.7 Å². The van der Waals surface area contributed by atoms with Crippen molar-refractivity contribution in [3.05, 3.63) is 71.5 Å². The van der Waals surface area contributed by atoms with Gasteiger partial charge in [-0.3, -0.25) is 4.57 Å². The Labute approximate surface area is 132 Å². The molecular weight excluding hydrogens is 300 g/mol. The molecule has 0 saturated carbocycles. The molecule has 5 heteroatoms. The molecule has 0 fully saturated rings. The molecule has 0 radical (unpaired) electrons. The molecule has 0 atom stereocenters. The van der Waals surface area contributed by atoms with E-state index in [0.717, 1.165) is 11.3 Å². The largest absolute Gasteiger partial charge is 0.464 e. The van der Waals surface area contributed by atoms with E-state index in [-0.39, 0.29) is 10.8 Å². The summed E-state index contributed by atoms with van der Waals surface area (Å²) >= 11 is 6.39. The van der Waals surface area contributed by atoms with Crippen molar-refractivity contribution < 1.29 is 9.53 Å². The lowest BCUT2D eigenvalue weighted by Crippen LogP contribution is -2.02. The van der Waals surface area contributed by atoms with Gasteiger partial charge in [0.05, 0.1) is 7.11 Å². The Morgan fingerprint density at radius 2 is 1.64 bits per heavy atom. The number of hydrogen-bond acceptors (Lipinski definition) is 3. The summed E-state index contributed by atoms with van der Waals surface area (Å²) < 4.78 is 6.50. The molecular formula is C17H13ClN2O2. The summed E-state index contributed by atoms with van der Waals surface area (Å²) in [5.41, 5.74) is 1.80. The van der Waals surface area contributed by atoms with Crippen LogP contribution in [0.25, 0.3) is 17.1 Å². The number of esters is 1. The standard InChI is InChI=1S/C17H13ClN2O2/c1-22-17(21)14-15(18)20(13-10-6-3-7-11-13)16(19-14)12-8-4-2-5-9-12/h2-11H,1H3. The number of halogens is 1. The number of para-hydroxylation sites is 1. The third-order valence-electron chi connectivity index (χ3n) is 3.25. The van der Waals surface area contributed by atoms with Crippen LogP contribution in [0.4, 0.5) is 0 Å². The molecule has 4 nitrogen and oxygen atoms in total. The van der Waals surface area contributed by atoms with Crippen molar-refractivity contribution in [1.82, 2.24) is 9.55 Å². The van der Waals surface area contributed by atoms with E-state index >= 15 is 0 Å². The molecule has 0 saturated heterocycles. The van der Waals surface area contributed by atoms with Crippen molar-refractivity contribution in [1.29, 1.82) is 0 Å². The number of ether oxygens (including phenoxy) is 1. The van der Waals surface area contributed by atoms with Crippen LogP contribution in [0.1, 0.15) is 10.5 Å². The van der Waals surface area contributed by atoms with Crippen LogP contribution < -0.4 is 0 Å². The van der Waals surface area contributed by atoms with Gasteiger partial charge in [0.2, 0.25) is 0 Å². The third kappa shape index (κ3) is 2.49. The van der Waals surface area contributed by atoms with E-state index in [1.165, 1.54) is 7.11 Å². The van der Waals surface area contributed by atoms with Gasteiger partial charge in [0.1, 0.15) is 11.0 Å². The molecule has 0 spiro atoms. The number of methoxy groups -OCH3 is 1. The molecule has 0 bridgehead atoms. The molecule has 0 amide bonds. The zero-order chi connectivity index (χ0) is 15.5. The average Bonchev–Trinajstić information content (AvgIpc) is 2.93. The molecule has 110 valence electrons. The number of rotatable bonds is 3. The quantitative estimate of drug-likeness (QED) is 0.687. The maximum absolute atomic E-state index is 11.9. The summed E-state index contributed by atoms with van der Waals surface area (Å²) in [7, 11) is 1.31. The number of benzene rings is 2. The Bertz CT molecular complexity index is 798. The van der Waals surface area contributed by atoms with Crippen LogP contribution in [0, 0.1) is 0 Å². The van der Waals surface area contributed by atoms with Crippen molar-refractivity contribution >= 4 is 17.6 Å². The lowest BCUT2D eigenvalue weighted by Gasteiger charge is -2.09. The summed E-state index contributed by atoms with van der Waals surface area (Å²) in [6.45, 7) is 0. The van der Waals surface area contributed by atoms with Crippen LogP contribution in [0.15, 0.2) is 60.7 Å². The molecule has 1 heterocycles. The van der Waals surface area contributed by atoms with Crippen molar-refractivity contribution in [2.75, 3.05) is 7.11 Å². The highest BCUT2D eigenvalue weighted by atomic mass is 35.5. The Hall–Kier alpha value is -2.59. The lowest BCUT2D eigenvalue weighted by atomic mass is 10.2. The van der Waals surface area contributed by atoms with Gasteiger partial charge in [-0.05, 0) is 12.1 Å². The Morgan fingerprint density at radius 3 is 2.23 bits per heavy atom. The van der Waals surface area contributed by atoms with E-state index in [0.29, 0.717) is 5.82 Å². The van der Waals surface area contributed by atoms with Gasteiger partial charge in [-0.15, -0.1) is 0 Å². The zero-order valence-electron chi connectivity index (χ0n) is 11.9. The number of carbonyl (C=O) groups is 1. The first-order valence-corrected chi connectivity index (χ1v) is 7.07. The highest BCUT2D eigenvalue weighted by Gasteiger charge is 2.23. The first-order valence-electron chi connectivity index (χ1n) is 6.69. The summed E-state index contributed by atoms with van der Waals surface area (Å²) in [4.78, 5) is 16.3. The maximum atomic E-state index is 11.9. The monoisotopic (exact) mass is 312 g/mol. The molecule has 0 aliphatic carbocycles. The predicted molar refractivity (Wildman–Crippen MR) is 85.3 cm³/mol. The van der Waals surface area contributed by atoms with Crippen LogP contribution in [0.3, 0.4) is 0 Å². The van der Waals surface area contributed by atoms with Crippen LogP contribution >= 0.6 is 11.6 Å². The first kappa shape index (κ1) is 14.4. The first-order chi connectivity index (χ1) is 10.7. The molecule has 0 N–H and O–H groups in total. The highest BCUT2D eigenvalue weighted by Crippen LogP contribution is 2.30. The van der Waals surface area contributed by atoms with E-state index in [9.17, 15) is 4.79 Å². The van der Waals surface area contributed by atoms with Gasteiger partial charge in [0.25, 0.3) is 0 Å². The number of nitrogens with zero attached hydrogens (tertiary/aromatic N) is 2. The molecule has 3 aromatic rings. The highest BCUT2D eigenvalue weighted by molar-refractivity contribution is 6.32. The molecule has 1 aromatic heterocycles. The van der Waals surface area contributed by atoms with Gasteiger partial charge >= 0.3 is 5.97 Å². The second-order valence-electron chi connectivity index (χ2n) is 4.60. The van der Waals surface area contributed by atoms with Crippen molar-refractivity contribution in [2.45, 2.75) is 0 Å². The van der Waals surface area contributed by atoms with Crippen LogP contribution in [0.2, 0.25) is 5.15 Å². The van der Waals surface area contributed by atoms with E-state index in [4.69, 9.17) is 16.3 Å². The second-order valence-corrected chi connectivity index (χ2v) is 4.96. The maximum Gasteiger partial charge on any atom is 0.359 e. The van der Waals surface area contributed by atoms with Gasteiger partial charge in [-0.25, -0.2) is 9.78 Å². The Balaban J connectivity index is 2.26. The van der Waals surface area contributed by atoms with E-state index < -0.39 is 5.97 Å². The molecule has 22 heavy (non-hydrogen) atoms. The fourth-order valence-corrected chi connectivity index (χ4v) is 2.52. The van der Waals surface area contributed by atoms with Gasteiger partial charge < -0.3 is 4.74 Å². The fourth-order valence-electron chi connectivity index (χ4n) is 2.22. The van der Waals surface area contributed by atoms with Crippen molar-refractivity contribution in [3.8, 4) is 17.1 Å². The molecule has 0 aliphatic heterocycles. The Morgan fingerprint density at radius 1 is 1.05 bits per heavy atom. The Kier molecular flexibility index (Phi) is 3.94. The third-order valence-corrected chi connectivity index (χ3v) is 3.59. The predicted octanol–water partition coefficient (Wildman–Crippen LogP) is 3.98. The minimum Gasteiger partial charge on any atom is -0.464 e. The topological polar surface area (TPSA) is 44.1 Å². The van der Waals surface area contributed by atoms with Crippen molar-refractivity contribution in [2.24, 2.45) is 0 Å². The number of carbonyl (C=O) groups excluding carboxylic acids is 1. The summed E-state index contributed by atoms with van der Waals surface area (Å²) in [5.74, 6) is 0.0362. The molecule has 0 aliphatic rings. The van der Waals surface area contributed by atoms with Crippen LogP contribution in [-0.2, 0) is 4.74 Å². The fraction of sp³-hybridized carbons (Fsp3) is 0.0588. The van der Waals surface area contributed by atoms with Gasteiger partial charge in [-0.1, -0.05) is 60.1 Å². The summed E-state index contributed by atoms with van der Waals surface area (Å²) in [5, 5.41) is 0.233. The van der Waals surface area contributed by atoms with Crippen molar-refractivity contribution in [3.63, 3.8) is 0 Å². The van der Waals surface area contributed by atoms with Crippen LogP contribution in [-0.4, -0.2) is 22.6 Å². The minimum atomic E-state index is -0.558. The zero-order valence-corrected chi connectivity index (χ0v) is 12.6.